The van der Waals surface area contributed by atoms with E-state index in [0.29, 0.717) is 19.5 Å². The van der Waals surface area contributed by atoms with E-state index in [0.717, 1.165) is 14.6 Å². The van der Waals surface area contributed by atoms with Crippen LogP contribution < -0.4 is 5.32 Å². The Kier molecular flexibility index (Phi) is 6.99. The molecule has 0 fully saturated rings. The normalized spacial score (nSPS) is 12.5. The third-order valence-corrected chi connectivity index (χ3v) is 3.70. The molecular formula is C13H18Br2N2O2. The molecule has 0 aliphatic rings. The molecule has 0 radical (unpaired) electrons. The van der Waals surface area contributed by atoms with Crippen molar-refractivity contribution in [2.24, 2.45) is 0 Å². The van der Waals surface area contributed by atoms with Crippen LogP contribution >= 0.6 is 31.9 Å². The molecule has 1 aromatic carbocycles. The Labute approximate surface area is 130 Å². The average molecular weight is 394 g/mol. The standard InChI is InChI=1S/C13H18Br2N2O2/c1-9(18)5-6-17(2)8-13(19)16-12-4-3-10(14)7-11(12)15/h3-4,7,9,18H,5-6,8H2,1-2H3,(H,16,19). The molecule has 4 nitrogen and oxygen atoms in total. The van der Waals surface area contributed by atoms with Crippen LogP contribution in [0.25, 0.3) is 0 Å². The second-order valence-corrected chi connectivity index (χ2v) is 6.32. The van der Waals surface area contributed by atoms with Crippen molar-refractivity contribution in [3.05, 3.63) is 27.1 Å². The molecule has 1 aromatic rings. The van der Waals surface area contributed by atoms with E-state index < -0.39 is 0 Å². The number of carbonyl (C=O) groups is 1. The van der Waals surface area contributed by atoms with Gasteiger partial charge in [0.15, 0.2) is 0 Å². The first-order valence-electron chi connectivity index (χ1n) is 6.00. The van der Waals surface area contributed by atoms with Gasteiger partial charge in [0.1, 0.15) is 0 Å². The lowest BCUT2D eigenvalue weighted by Crippen LogP contribution is -2.32. The zero-order valence-electron chi connectivity index (χ0n) is 11.0. The Morgan fingerprint density at radius 3 is 2.74 bits per heavy atom. The van der Waals surface area contributed by atoms with E-state index in [1.807, 2.05) is 30.1 Å². The van der Waals surface area contributed by atoms with Gasteiger partial charge in [-0.1, -0.05) is 15.9 Å². The molecule has 0 saturated heterocycles. The predicted octanol–water partition coefficient (Wildman–Crippen LogP) is 2.85. The molecule has 0 heterocycles. The molecule has 0 spiro atoms. The number of hydrogen-bond donors (Lipinski definition) is 2. The minimum Gasteiger partial charge on any atom is -0.393 e. The number of rotatable bonds is 6. The van der Waals surface area contributed by atoms with E-state index in [1.54, 1.807) is 6.92 Å². The third kappa shape index (κ3) is 6.51. The summed E-state index contributed by atoms with van der Waals surface area (Å²) in [6.07, 6.45) is 0.317. The summed E-state index contributed by atoms with van der Waals surface area (Å²) in [5.41, 5.74) is 0.747. The molecule has 0 saturated carbocycles. The molecule has 0 bridgehead atoms. The van der Waals surface area contributed by atoms with E-state index >= 15 is 0 Å². The summed E-state index contributed by atoms with van der Waals surface area (Å²) in [5, 5.41) is 12.0. The molecule has 19 heavy (non-hydrogen) atoms. The van der Waals surface area contributed by atoms with Crippen LogP contribution in [0.1, 0.15) is 13.3 Å². The van der Waals surface area contributed by atoms with Crippen molar-refractivity contribution in [1.29, 1.82) is 0 Å². The van der Waals surface area contributed by atoms with Gasteiger partial charge in [-0.25, -0.2) is 0 Å². The van der Waals surface area contributed by atoms with Gasteiger partial charge in [-0.2, -0.15) is 0 Å². The maximum atomic E-state index is 11.9. The fraction of sp³-hybridized carbons (Fsp3) is 0.462. The van der Waals surface area contributed by atoms with Crippen molar-refractivity contribution < 1.29 is 9.90 Å². The van der Waals surface area contributed by atoms with Gasteiger partial charge >= 0.3 is 0 Å². The van der Waals surface area contributed by atoms with Gasteiger partial charge in [0, 0.05) is 15.5 Å². The van der Waals surface area contributed by atoms with Gasteiger partial charge in [-0.05, 0) is 54.5 Å². The molecule has 0 aliphatic carbocycles. The lowest BCUT2D eigenvalue weighted by molar-refractivity contribution is -0.117. The summed E-state index contributed by atoms with van der Waals surface area (Å²) in [6, 6.07) is 5.59. The summed E-state index contributed by atoms with van der Waals surface area (Å²) in [4.78, 5) is 13.7. The number of aliphatic hydroxyl groups is 1. The number of carbonyl (C=O) groups excluding carboxylic acids is 1. The van der Waals surface area contributed by atoms with Crippen LogP contribution in [0.15, 0.2) is 27.1 Å². The van der Waals surface area contributed by atoms with Crippen molar-refractivity contribution in [2.75, 3.05) is 25.5 Å². The van der Waals surface area contributed by atoms with Crippen LogP contribution in [0.4, 0.5) is 5.69 Å². The minimum absolute atomic E-state index is 0.0730. The number of anilines is 1. The molecule has 0 aromatic heterocycles. The summed E-state index contributed by atoms with van der Waals surface area (Å²) >= 11 is 6.76. The van der Waals surface area contributed by atoms with Crippen LogP contribution in [0, 0.1) is 0 Å². The predicted molar refractivity (Wildman–Crippen MR) is 84.3 cm³/mol. The first-order chi connectivity index (χ1) is 8.88. The van der Waals surface area contributed by atoms with Gasteiger partial charge < -0.3 is 10.4 Å². The number of aliphatic hydroxyl groups excluding tert-OH is 1. The maximum absolute atomic E-state index is 11.9. The highest BCUT2D eigenvalue weighted by molar-refractivity contribution is 9.11. The number of likely N-dealkylation sites (N-methyl/N-ethyl adjacent to an activating group) is 1. The van der Waals surface area contributed by atoms with Crippen LogP contribution in [0.3, 0.4) is 0 Å². The number of amides is 1. The molecule has 2 N–H and O–H groups in total. The Morgan fingerprint density at radius 1 is 1.47 bits per heavy atom. The Balaban J connectivity index is 2.46. The van der Waals surface area contributed by atoms with E-state index in [-0.39, 0.29) is 12.0 Å². The second-order valence-electron chi connectivity index (χ2n) is 4.55. The topological polar surface area (TPSA) is 52.6 Å². The third-order valence-electron chi connectivity index (χ3n) is 2.55. The number of benzene rings is 1. The number of hydrogen-bond acceptors (Lipinski definition) is 3. The quantitative estimate of drug-likeness (QED) is 0.781. The average Bonchev–Trinajstić information content (AvgIpc) is 2.30. The Hall–Kier alpha value is -0.430. The van der Waals surface area contributed by atoms with Gasteiger partial charge in [0.05, 0.1) is 18.3 Å². The first kappa shape index (κ1) is 16.6. The Morgan fingerprint density at radius 2 is 2.16 bits per heavy atom. The van der Waals surface area contributed by atoms with E-state index in [9.17, 15) is 9.90 Å². The summed E-state index contributed by atoms with van der Waals surface area (Å²) in [7, 11) is 1.86. The molecule has 1 amide bonds. The van der Waals surface area contributed by atoms with E-state index in [4.69, 9.17) is 0 Å². The molecule has 0 aliphatic heterocycles. The van der Waals surface area contributed by atoms with Crippen molar-refractivity contribution in [1.82, 2.24) is 4.90 Å². The zero-order valence-corrected chi connectivity index (χ0v) is 14.2. The smallest absolute Gasteiger partial charge is 0.238 e. The van der Waals surface area contributed by atoms with Gasteiger partial charge in [0.25, 0.3) is 0 Å². The molecule has 106 valence electrons. The van der Waals surface area contributed by atoms with Crippen molar-refractivity contribution in [3.8, 4) is 0 Å². The van der Waals surface area contributed by atoms with Crippen molar-refractivity contribution in [2.45, 2.75) is 19.4 Å². The van der Waals surface area contributed by atoms with Crippen LogP contribution in [-0.2, 0) is 4.79 Å². The highest BCUT2D eigenvalue weighted by Gasteiger charge is 2.09. The lowest BCUT2D eigenvalue weighted by atomic mass is 10.2. The van der Waals surface area contributed by atoms with Crippen LogP contribution in [-0.4, -0.2) is 42.2 Å². The van der Waals surface area contributed by atoms with Gasteiger partial charge in [-0.15, -0.1) is 0 Å². The number of halogens is 2. The number of nitrogens with one attached hydrogen (secondary N) is 1. The molecule has 1 atom stereocenters. The van der Waals surface area contributed by atoms with E-state index in [1.165, 1.54) is 0 Å². The second kappa shape index (κ2) is 7.99. The summed E-state index contributed by atoms with van der Waals surface area (Å²) < 4.78 is 1.79. The van der Waals surface area contributed by atoms with Crippen molar-refractivity contribution >= 4 is 43.5 Å². The maximum Gasteiger partial charge on any atom is 0.238 e. The fourth-order valence-electron chi connectivity index (χ4n) is 1.51. The zero-order chi connectivity index (χ0) is 14.4. The molecular weight excluding hydrogens is 376 g/mol. The largest absolute Gasteiger partial charge is 0.393 e. The molecule has 1 unspecified atom stereocenters. The monoisotopic (exact) mass is 392 g/mol. The van der Waals surface area contributed by atoms with Crippen molar-refractivity contribution in [3.63, 3.8) is 0 Å². The fourth-order valence-corrected chi connectivity index (χ4v) is 2.66. The van der Waals surface area contributed by atoms with Gasteiger partial charge in [0.2, 0.25) is 5.91 Å². The lowest BCUT2D eigenvalue weighted by Gasteiger charge is -2.17. The van der Waals surface area contributed by atoms with Gasteiger partial charge in [-0.3, -0.25) is 9.69 Å². The first-order valence-corrected chi connectivity index (χ1v) is 7.58. The molecule has 6 heteroatoms. The van der Waals surface area contributed by atoms with Crippen LogP contribution in [0.5, 0.6) is 0 Å². The summed E-state index contributed by atoms with van der Waals surface area (Å²) in [5.74, 6) is -0.0730. The minimum atomic E-state index is -0.342. The Bertz CT molecular complexity index is 439. The summed E-state index contributed by atoms with van der Waals surface area (Å²) in [6.45, 7) is 2.73. The van der Waals surface area contributed by atoms with E-state index in [2.05, 4.69) is 37.2 Å². The highest BCUT2D eigenvalue weighted by Crippen LogP contribution is 2.26. The van der Waals surface area contributed by atoms with Crippen LogP contribution in [0.2, 0.25) is 0 Å². The number of nitrogens with zero attached hydrogens (tertiary/aromatic N) is 1. The molecule has 1 rings (SSSR count). The SMILES string of the molecule is CC(O)CCN(C)CC(=O)Nc1ccc(Br)cc1Br. The highest BCUT2D eigenvalue weighted by atomic mass is 79.9.